The Morgan fingerprint density at radius 1 is 1.10 bits per heavy atom. The van der Waals surface area contributed by atoms with Gasteiger partial charge in [0.1, 0.15) is 12.4 Å². The van der Waals surface area contributed by atoms with Crippen molar-refractivity contribution in [3.05, 3.63) is 29.8 Å². The Labute approximate surface area is 116 Å². The molecule has 112 valence electrons. The third-order valence-corrected chi connectivity index (χ3v) is 2.88. The monoisotopic (exact) mass is 285 g/mol. The lowest BCUT2D eigenvalue weighted by atomic mass is 10.0. The molecule has 0 aliphatic carbocycles. The van der Waals surface area contributed by atoms with Crippen molar-refractivity contribution in [1.29, 1.82) is 0 Å². The average molecular weight is 285 g/mol. The first-order valence-electron chi connectivity index (χ1n) is 6.10. The molecule has 0 radical (unpaired) electrons. The predicted octanol–water partition coefficient (Wildman–Crippen LogP) is -0.931. The molecule has 0 heterocycles. The summed E-state index contributed by atoms with van der Waals surface area (Å²) in [7, 11) is 0. The highest BCUT2D eigenvalue weighted by Gasteiger charge is 2.26. The lowest BCUT2D eigenvalue weighted by Crippen LogP contribution is -2.55. The predicted molar refractivity (Wildman–Crippen MR) is 70.9 cm³/mol. The molecule has 0 bridgehead atoms. The van der Waals surface area contributed by atoms with E-state index in [1.165, 1.54) is 12.1 Å². The van der Waals surface area contributed by atoms with Crippen LogP contribution >= 0.6 is 0 Å². The van der Waals surface area contributed by atoms with Crippen molar-refractivity contribution in [3.63, 3.8) is 0 Å². The lowest BCUT2D eigenvalue weighted by molar-refractivity contribution is 0.0405. The first-order valence-corrected chi connectivity index (χ1v) is 6.10. The second-order valence-corrected chi connectivity index (χ2v) is 4.36. The van der Waals surface area contributed by atoms with Crippen LogP contribution in [0, 0.1) is 0 Å². The summed E-state index contributed by atoms with van der Waals surface area (Å²) >= 11 is 0. The van der Waals surface area contributed by atoms with Gasteiger partial charge in [-0.25, -0.2) is 4.79 Å². The molecule has 0 amide bonds. The second kappa shape index (κ2) is 7.81. The molecule has 0 saturated heterocycles. The largest absolute Gasteiger partial charge is 0.492 e. The van der Waals surface area contributed by atoms with E-state index >= 15 is 0 Å². The van der Waals surface area contributed by atoms with Crippen molar-refractivity contribution in [2.45, 2.75) is 5.54 Å². The van der Waals surface area contributed by atoms with Crippen LogP contribution in [0.5, 0.6) is 5.75 Å². The normalized spacial score (nSPS) is 11.3. The SMILES string of the molecule is O=C(O)c1ccc(OCCNC(CO)(CO)CO)cc1. The smallest absolute Gasteiger partial charge is 0.335 e. The molecule has 0 aliphatic heterocycles. The van der Waals surface area contributed by atoms with E-state index in [0.717, 1.165) is 0 Å². The second-order valence-electron chi connectivity index (χ2n) is 4.36. The summed E-state index contributed by atoms with van der Waals surface area (Å²) in [5.41, 5.74) is -0.952. The molecule has 7 heteroatoms. The van der Waals surface area contributed by atoms with Crippen LogP contribution in [0.1, 0.15) is 10.4 Å². The fourth-order valence-electron chi connectivity index (χ4n) is 1.50. The van der Waals surface area contributed by atoms with Gasteiger partial charge in [0, 0.05) is 6.54 Å². The molecule has 0 unspecified atom stereocenters. The molecule has 1 aromatic carbocycles. The summed E-state index contributed by atoms with van der Waals surface area (Å²) in [5, 5.41) is 38.8. The van der Waals surface area contributed by atoms with Gasteiger partial charge in [-0.05, 0) is 24.3 Å². The Morgan fingerprint density at radius 2 is 1.65 bits per heavy atom. The summed E-state index contributed by atoms with van der Waals surface area (Å²) in [4.78, 5) is 10.7. The van der Waals surface area contributed by atoms with Crippen molar-refractivity contribution in [2.75, 3.05) is 33.0 Å². The molecular weight excluding hydrogens is 266 g/mol. The Kier molecular flexibility index (Phi) is 6.40. The summed E-state index contributed by atoms with van der Waals surface area (Å²) < 4.78 is 5.37. The topological polar surface area (TPSA) is 119 Å². The summed E-state index contributed by atoms with van der Waals surface area (Å²) in [5.74, 6) is -0.490. The number of carboxylic acid groups (broad SMARTS) is 1. The van der Waals surface area contributed by atoms with Crippen LogP contribution in [0.2, 0.25) is 0 Å². The minimum atomic E-state index is -1.13. The van der Waals surface area contributed by atoms with Gasteiger partial charge in [0.2, 0.25) is 0 Å². The minimum absolute atomic E-state index is 0.176. The Hall–Kier alpha value is -1.67. The maximum atomic E-state index is 10.7. The molecule has 7 nitrogen and oxygen atoms in total. The number of rotatable bonds is 9. The van der Waals surface area contributed by atoms with Crippen molar-refractivity contribution in [2.24, 2.45) is 0 Å². The van der Waals surface area contributed by atoms with E-state index in [1.54, 1.807) is 12.1 Å². The minimum Gasteiger partial charge on any atom is -0.492 e. The van der Waals surface area contributed by atoms with Gasteiger partial charge in [0.05, 0.1) is 30.9 Å². The van der Waals surface area contributed by atoms with E-state index < -0.39 is 31.3 Å². The Balaban J connectivity index is 2.39. The van der Waals surface area contributed by atoms with Gasteiger partial charge in [0.15, 0.2) is 0 Å². The highest BCUT2D eigenvalue weighted by atomic mass is 16.5. The maximum absolute atomic E-state index is 10.7. The van der Waals surface area contributed by atoms with Gasteiger partial charge >= 0.3 is 5.97 Å². The maximum Gasteiger partial charge on any atom is 0.335 e. The number of aromatic carboxylic acids is 1. The van der Waals surface area contributed by atoms with Crippen molar-refractivity contribution < 1.29 is 30.0 Å². The Bertz CT molecular complexity index is 407. The number of nitrogens with one attached hydrogen (secondary N) is 1. The van der Waals surface area contributed by atoms with E-state index in [0.29, 0.717) is 12.3 Å². The standard InChI is InChI=1S/C13H19NO6/c15-7-13(8-16,9-17)14-5-6-20-11-3-1-10(2-4-11)12(18)19/h1-4,14-17H,5-9H2,(H,18,19). The summed E-state index contributed by atoms with van der Waals surface area (Å²) in [6.07, 6.45) is 0. The van der Waals surface area contributed by atoms with Crippen LogP contribution in [0.25, 0.3) is 0 Å². The van der Waals surface area contributed by atoms with Gasteiger partial charge in [-0.1, -0.05) is 0 Å². The van der Waals surface area contributed by atoms with Crippen LogP contribution in [-0.4, -0.2) is 64.9 Å². The molecule has 1 rings (SSSR count). The third-order valence-electron chi connectivity index (χ3n) is 2.88. The molecule has 0 atom stereocenters. The quantitative estimate of drug-likeness (QED) is 0.372. The van der Waals surface area contributed by atoms with E-state index in [1.807, 2.05) is 0 Å². The molecule has 0 aliphatic rings. The van der Waals surface area contributed by atoms with Crippen LogP contribution in [0.4, 0.5) is 0 Å². The number of ether oxygens (including phenoxy) is 1. The number of aliphatic hydroxyl groups excluding tert-OH is 3. The van der Waals surface area contributed by atoms with Crippen molar-refractivity contribution in [1.82, 2.24) is 5.32 Å². The number of aliphatic hydroxyl groups is 3. The molecule has 5 N–H and O–H groups in total. The lowest BCUT2D eigenvalue weighted by Gasteiger charge is -2.28. The van der Waals surface area contributed by atoms with Crippen molar-refractivity contribution in [3.8, 4) is 5.75 Å². The Morgan fingerprint density at radius 3 is 2.10 bits per heavy atom. The van der Waals surface area contributed by atoms with Gasteiger partial charge in [-0.2, -0.15) is 0 Å². The van der Waals surface area contributed by atoms with Gasteiger partial charge < -0.3 is 30.5 Å². The van der Waals surface area contributed by atoms with Crippen LogP contribution in [0.15, 0.2) is 24.3 Å². The molecule has 0 saturated carbocycles. The number of hydrogen-bond acceptors (Lipinski definition) is 6. The van der Waals surface area contributed by atoms with Crippen LogP contribution in [0.3, 0.4) is 0 Å². The number of carbonyl (C=O) groups is 1. The zero-order chi connectivity index (χ0) is 15.0. The summed E-state index contributed by atoms with van der Waals surface area (Å²) in [6, 6.07) is 5.96. The molecule has 20 heavy (non-hydrogen) atoms. The van der Waals surface area contributed by atoms with Gasteiger partial charge in [-0.15, -0.1) is 0 Å². The van der Waals surface area contributed by atoms with Crippen LogP contribution in [-0.2, 0) is 0 Å². The van der Waals surface area contributed by atoms with E-state index in [-0.39, 0.29) is 12.2 Å². The third kappa shape index (κ3) is 4.46. The highest BCUT2D eigenvalue weighted by molar-refractivity contribution is 5.87. The average Bonchev–Trinajstić information content (AvgIpc) is 2.49. The zero-order valence-corrected chi connectivity index (χ0v) is 11.0. The van der Waals surface area contributed by atoms with Crippen LogP contribution < -0.4 is 10.1 Å². The molecule has 0 aromatic heterocycles. The number of carboxylic acids is 1. The molecule has 0 spiro atoms. The van der Waals surface area contributed by atoms with E-state index in [9.17, 15) is 4.79 Å². The molecule has 1 aromatic rings. The number of benzene rings is 1. The first kappa shape index (κ1) is 16.4. The fraction of sp³-hybridized carbons (Fsp3) is 0.462. The summed E-state index contributed by atoms with van der Waals surface area (Å²) in [6.45, 7) is -0.634. The molecular formula is C13H19NO6. The first-order chi connectivity index (χ1) is 9.56. The highest BCUT2D eigenvalue weighted by Crippen LogP contribution is 2.12. The van der Waals surface area contributed by atoms with E-state index in [2.05, 4.69) is 5.32 Å². The van der Waals surface area contributed by atoms with E-state index in [4.69, 9.17) is 25.2 Å². The fourth-order valence-corrected chi connectivity index (χ4v) is 1.50. The van der Waals surface area contributed by atoms with Gasteiger partial charge in [-0.3, -0.25) is 0 Å². The van der Waals surface area contributed by atoms with Crippen molar-refractivity contribution >= 4 is 5.97 Å². The number of hydrogen-bond donors (Lipinski definition) is 5. The molecule has 0 fully saturated rings. The zero-order valence-electron chi connectivity index (χ0n) is 11.0. The van der Waals surface area contributed by atoms with Gasteiger partial charge in [0.25, 0.3) is 0 Å².